The summed E-state index contributed by atoms with van der Waals surface area (Å²) in [6.45, 7) is 2.55. The lowest BCUT2D eigenvalue weighted by atomic mass is 9.91. The number of rotatable bonds is 4. The van der Waals surface area contributed by atoms with Crippen molar-refractivity contribution in [1.29, 1.82) is 0 Å². The second kappa shape index (κ2) is 9.18. The van der Waals surface area contributed by atoms with Gasteiger partial charge in [0, 0.05) is 29.1 Å². The first-order valence-corrected chi connectivity index (χ1v) is 14.9. The van der Waals surface area contributed by atoms with Crippen LogP contribution in [-0.4, -0.2) is 46.1 Å². The Hall–Kier alpha value is -4.64. The zero-order valence-corrected chi connectivity index (χ0v) is 24.1. The molecule has 1 fully saturated rings. The van der Waals surface area contributed by atoms with Crippen LogP contribution in [-0.2, 0) is 10.7 Å². The van der Waals surface area contributed by atoms with Gasteiger partial charge < -0.3 is 18.5 Å². The topological polar surface area (TPSA) is 106 Å². The number of amides is 1. The predicted octanol–water partition coefficient (Wildman–Crippen LogP) is 6.40. The van der Waals surface area contributed by atoms with Crippen molar-refractivity contribution in [3.8, 4) is 22.6 Å². The van der Waals surface area contributed by atoms with E-state index in [0.717, 1.165) is 22.4 Å². The highest BCUT2D eigenvalue weighted by atomic mass is 32.2. The van der Waals surface area contributed by atoms with Crippen LogP contribution in [0.25, 0.3) is 33.6 Å². The molecule has 10 heteroatoms. The summed E-state index contributed by atoms with van der Waals surface area (Å²) in [6, 6.07) is 20.0. The van der Waals surface area contributed by atoms with E-state index < -0.39 is 17.4 Å². The molecule has 1 aromatic carbocycles. The van der Waals surface area contributed by atoms with Gasteiger partial charge in [0.05, 0.1) is 40.6 Å². The van der Waals surface area contributed by atoms with Crippen LogP contribution in [0.3, 0.4) is 0 Å². The molecule has 9 nitrogen and oxygen atoms in total. The second-order valence-electron chi connectivity index (χ2n) is 11.3. The molecule has 2 aliphatic carbocycles. The van der Waals surface area contributed by atoms with E-state index in [1.807, 2.05) is 66.2 Å². The predicted molar refractivity (Wildman–Crippen MR) is 163 cm³/mol. The summed E-state index contributed by atoms with van der Waals surface area (Å²) in [5.41, 5.74) is 3.94. The van der Waals surface area contributed by atoms with Crippen molar-refractivity contribution in [2.24, 2.45) is 0 Å². The molecule has 0 radical (unpaired) electrons. The van der Waals surface area contributed by atoms with Crippen LogP contribution < -0.4 is 9.91 Å². The van der Waals surface area contributed by atoms with Crippen LogP contribution in [0.4, 0.5) is 11.4 Å². The minimum Gasteiger partial charge on any atom is -0.477 e. The molecule has 6 aliphatic rings. The molecule has 2 aromatic rings. The Morgan fingerprint density at radius 2 is 1.70 bits per heavy atom. The third-order valence-electron chi connectivity index (χ3n) is 9.15. The molecular formula is C33H26N3O6S+. The van der Waals surface area contributed by atoms with Gasteiger partial charge in [-0.3, -0.25) is 9.69 Å². The number of quaternary nitrogens is 1. The van der Waals surface area contributed by atoms with Crippen molar-refractivity contribution in [2.45, 2.75) is 29.9 Å². The Bertz CT molecular complexity index is 2110. The van der Waals surface area contributed by atoms with Gasteiger partial charge in [0.15, 0.2) is 11.7 Å². The Kier molecular flexibility index (Phi) is 5.55. The summed E-state index contributed by atoms with van der Waals surface area (Å²) in [6.07, 6.45) is 3.25. The molecule has 214 valence electrons. The molecule has 4 aliphatic heterocycles. The summed E-state index contributed by atoms with van der Waals surface area (Å²) in [7, 11) is 1.98. The number of nitrogens with zero attached hydrogens (tertiary/aromatic N) is 3. The molecule has 3 unspecified atom stereocenters. The lowest BCUT2D eigenvalue weighted by molar-refractivity contribution is -0.139. The number of carboxylic acid groups (broad SMARTS) is 1. The number of hydrogen-bond donors (Lipinski definition) is 1. The van der Waals surface area contributed by atoms with Gasteiger partial charge in [-0.1, -0.05) is 30.0 Å². The minimum atomic E-state index is -1.23. The number of carbonyl (C=O) groups excluding carboxylic acids is 1. The number of aromatic nitrogens is 1. The number of pyridine rings is 1. The molecule has 3 atom stereocenters. The molecule has 8 rings (SSSR count). The molecule has 1 aromatic heterocycles. The quantitative estimate of drug-likeness (QED) is 0.235. The molecule has 43 heavy (non-hydrogen) atoms. The van der Waals surface area contributed by atoms with E-state index in [9.17, 15) is 14.7 Å². The maximum Gasteiger partial charge on any atom is 0.345 e. The van der Waals surface area contributed by atoms with Crippen LogP contribution in [0.15, 0.2) is 97.9 Å². The number of hydrogen-bond acceptors (Lipinski definition) is 7. The molecule has 0 spiro atoms. The summed E-state index contributed by atoms with van der Waals surface area (Å²) in [4.78, 5) is 42.8. The van der Waals surface area contributed by atoms with Crippen LogP contribution in [0, 0.1) is 0 Å². The van der Waals surface area contributed by atoms with Gasteiger partial charge in [-0.05, 0) is 49.9 Å². The Labute approximate surface area is 249 Å². The van der Waals surface area contributed by atoms with E-state index in [-0.39, 0.29) is 22.0 Å². The first-order chi connectivity index (χ1) is 20.8. The van der Waals surface area contributed by atoms with Crippen molar-refractivity contribution in [1.82, 2.24) is 14.0 Å². The van der Waals surface area contributed by atoms with Crippen LogP contribution in [0.5, 0.6) is 0 Å². The fourth-order valence-electron chi connectivity index (χ4n) is 6.93. The van der Waals surface area contributed by atoms with Crippen molar-refractivity contribution >= 4 is 45.9 Å². The van der Waals surface area contributed by atoms with Gasteiger partial charge in [0.2, 0.25) is 5.43 Å². The maximum absolute atomic E-state index is 15.4. The molecule has 1 saturated heterocycles. The first-order valence-electron chi connectivity index (χ1n) is 14.0. The zero-order valence-electron chi connectivity index (χ0n) is 23.3. The van der Waals surface area contributed by atoms with E-state index in [1.165, 1.54) is 11.8 Å². The minimum absolute atomic E-state index is 0.0432. The number of aromatic carboxylic acids is 1. The van der Waals surface area contributed by atoms with Crippen molar-refractivity contribution in [3.05, 3.63) is 101 Å². The number of fused-ring (bicyclic) bond motifs is 5. The third kappa shape index (κ3) is 3.45. The van der Waals surface area contributed by atoms with Gasteiger partial charge in [0.1, 0.15) is 29.3 Å². The summed E-state index contributed by atoms with van der Waals surface area (Å²) >= 11 is 1.34. The average Bonchev–Trinajstić information content (AvgIpc) is 3.66. The van der Waals surface area contributed by atoms with Gasteiger partial charge in [0.25, 0.3) is 0 Å². The van der Waals surface area contributed by atoms with E-state index in [1.54, 1.807) is 24.7 Å². The lowest BCUT2D eigenvalue weighted by Crippen LogP contribution is -2.65. The fraction of sp³-hybridized carbons (Fsp3) is 0.182. The number of likely N-dealkylation sites (N-methyl/N-ethyl adjacent to an activating group) is 1. The second-order valence-corrected chi connectivity index (χ2v) is 12.2. The highest BCUT2D eigenvalue weighted by Gasteiger charge is 2.55. The Morgan fingerprint density at radius 1 is 0.977 bits per heavy atom. The van der Waals surface area contributed by atoms with Crippen LogP contribution >= 0.6 is 11.8 Å². The smallest absolute Gasteiger partial charge is 0.345 e. The normalized spacial score (nSPS) is 22.2. The first kappa shape index (κ1) is 26.0. The number of carboxylic acids is 1. The molecular weight excluding hydrogens is 566 g/mol. The van der Waals surface area contributed by atoms with Gasteiger partial charge in [-0.25, -0.2) is 9.59 Å². The molecule has 0 saturated carbocycles. The number of benzene rings is 1. The maximum atomic E-state index is 15.4. The number of thioether (sulfide) groups is 1. The highest BCUT2D eigenvalue weighted by Crippen LogP contribution is 2.50. The van der Waals surface area contributed by atoms with Crippen LogP contribution in [0.1, 0.15) is 28.9 Å². The SMILES string of the molecule is CC1C[N+](c2ccc3c(=O)c(C(=O)O)c4n(c3c2)CS4)(c2ccoc3cccc2-3)C(=O)C(c2ccoc3cccc2-3)N1C. The summed E-state index contributed by atoms with van der Waals surface area (Å²) < 4.78 is 13.3. The van der Waals surface area contributed by atoms with Crippen molar-refractivity contribution in [3.63, 3.8) is 0 Å². The third-order valence-corrected chi connectivity index (χ3v) is 10.2. The molecule has 0 bridgehead atoms. The Morgan fingerprint density at radius 3 is 2.42 bits per heavy atom. The van der Waals surface area contributed by atoms with Gasteiger partial charge in [-0.15, -0.1) is 0 Å². The van der Waals surface area contributed by atoms with Crippen LogP contribution in [0.2, 0.25) is 0 Å². The van der Waals surface area contributed by atoms with Gasteiger partial charge in [-0.2, -0.15) is 4.48 Å². The van der Waals surface area contributed by atoms with Crippen molar-refractivity contribution in [2.75, 3.05) is 13.6 Å². The van der Waals surface area contributed by atoms with E-state index in [2.05, 4.69) is 11.8 Å². The largest absolute Gasteiger partial charge is 0.477 e. The molecule has 5 heterocycles. The fourth-order valence-corrected chi connectivity index (χ4v) is 7.88. The number of carbonyl (C=O) groups is 2. The molecule has 1 amide bonds. The summed E-state index contributed by atoms with van der Waals surface area (Å²) in [5.74, 6) is 0.617. The number of piperazine rings is 1. The highest BCUT2D eigenvalue weighted by molar-refractivity contribution is 7.99. The average molecular weight is 593 g/mol. The van der Waals surface area contributed by atoms with E-state index in [4.69, 9.17) is 8.83 Å². The van der Waals surface area contributed by atoms with Gasteiger partial charge >= 0.3 is 11.9 Å². The molecule has 1 N–H and O–H groups in total. The van der Waals surface area contributed by atoms with E-state index in [0.29, 0.717) is 45.6 Å². The monoisotopic (exact) mass is 592 g/mol. The lowest BCUT2D eigenvalue weighted by Gasteiger charge is -2.48. The van der Waals surface area contributed by atoms with E-state index >= 15 is 4.79 Å². The standard InChI is InChI=1S/C33H25N3O6S/c1-18-16-36(25-12-14-42-27-8-4-6-23(25)27,32(38)29(34(18)2)21-11-13-41-26-7-3-5-20(21)26)19-9-10-22-24(15-19)35-17-43-31(35)28(30(22)37)33(39)40/h3-15,18,29H,16-17H2,1-2H3/p+1. The summed E-state index contributed by atoms with van der Waals surface area (Å²) in [5, 5.41) is 10.5. The zero-order chi connectivity index (χ0) is 29.6. The Balaban J connectivity index is 1.43. The van der Waals surface area contributed by atoms with Crippen molar-refractivity contribution < 1.29 is 23.5 Å².